The van der Waals surface area contributed by atoms with Crippen LogP contribution >= 0.6 is 0 Å². The van der Waals surface area contributed by atoms with Gasteiger partial charge in [-0.25, -0.2) is 0 Å². The number of aromatic nitrogens is 1. The molecule has 1 unspecified atom stereocenters. The van der Waals surface area contributed by atoms with Gasteiger partial charge in [0.05, 0.1) is 16.5 Å². The Kier molecular flexibility index (Phi) is 5.97. The highest BCUT2D eigenvalue weighted by molar-refractivity contribution is 6.46. The van der Waals surface area contributed by atoms with Gasteiger partial charge in [0.1, 0.15) is 5.76 Å². The third-order valence-electron chi connectivity index (χ3n) is 5.81. The number of hydrogen-bond donors (Lipinski definition) is 2. The van der Waals surface area contributed by atoms with Gasteiger partial charge in [0, 0.05) is 46.9 Å². The van der Waals surface area contributed by atoms with E-state index in [1.165, 1.54) is 29.2 Å². The highest BCUT2D eigenvalue weighted by Crippen LogP contribution is 2.42. The predicted octanol–water partition coefficient (Wildman–Crippen LogP) is 3.45. The summed E-state index contributed by atoms with van der Waals surface area (Å²) in [5, 5.41) is 22.9. The number of likely N-dealkylation sites (tertiary alicyclic amines) is 1. The quantitative estimate of drug-likeness (QED) is 0.188. The van der Waals surface area contributed by atoms with Crippen molar-refractivity contribution in [1.82, 2.24) is 14.8 Å². The van der Waals surface area contributed by atoms with Gasteiger partial charge in [0.25, 0.3) is 17.4 Å². The molecule has 1 saturated heterocycles. The van der Waals surface area contributed by atoms with Crippen LogP contribution in [0.1, 0.15) is 23.6 Å². The summed E-state index contributed by atoms with van der Waals surface area (Å²) in [6, 6.07) is 12.0. The van der Waals surface area contributed by atoms with Gasteiger partial charge in [-0.15, -0.1) is 0 Å². The summed E-state index contributed by atoms with van der Waals surface area (Å²) in [5.74, 6) is -1.80. The Labute approximate surface area is 190 Å². The number of aliphatic hydroxyl groups excluding tert-OH is 1. The molecule has 0 spiro atoms. The Balaban J connectivity index is 1.84. The van der Waals surface area contributed by atoms with Crippen molar-refractivity contribution in [3.8, 4) is 0 Å². The number of non-ortho nitro benzene ring substituents is 1. The Bertz CT molecular complexity index is 1260. The number of nitro benzene ring substituents is 1. The van der Waals surface area contributed by atoms with E-state index < -0.39 is 22.7 Å². The van der Waals surface area contributed by atoms with Gasteiger partial charge < -0.3 is 19.9 Å². The van der Waals surface area contributed by atoms with E-state index in [4.69, 9.17) is 0 Å². The Morgan fingerprint density at radius 3 is 2.52 bits per heavy atom. The van der Waals surface area contributed by atoms with E-state index in [1.807, 2.05) is 43.3 Å². The first kappa shape index (κ1) is 22.2. The van der Waals surface area contributed by atoms with Gasteiger partial charge in [-0.1, -0.05) is 18.2 Å². The second-order valence-electron chi connectivity index (χ2n) is 8.24. The standard InChI is InChI=1S/C24H24N4O5/c1-26(2)12-5-13-27-21(18-14-25-19-7-4-3-6-17(18)19)20(23(30)24(27)31)22(29)15-8-10-16(11-9-15)28(32)33/h3-4,6-11,14,21,25,29H,5,12-13H2,1-2H3/b22-20+. The zero-order valence-electron chi connectivity index (χ0n) is 18.3. The number of amides is 1. The summed E-state index contributed by atoms with van der Waals surface area (Å²) < 4.78 is 0. The van der Waals surface area contributed by atoms with Crippen molar-refractivity contribution in [2.75, 3.05) is 27.2 Å². The number of H-pyrrole nitrogens is 1. The minimum atomic E-state index is -0.779. The molecule has 9 heteroatoms. The van der Waals surface area contributed by atoms with E-state index in [0.717, 1.165) is 17.4 Å². The van der Waals surface area contributed by atoms with Crippen LogP contribution in [0.2, 0.25) is 0 Å². The molecule has 0 aliphatic carbocycles. The maximum absolute atomic E-state index is 13.1. The van der Waals surface area contributed by atoms with Gasteiger partial charge in [0.2, 0.25) is 0 Å². The van der Waals surface area contributed by atoms with Crippen LogP contribution in [0.5, 0.6) is 0 Å². The summed E-state index contributed by atoms with van der Waals surface area (Å²) in [4.78, 5) is 43.2. The van der Waals surface area contributed by atoms with Crippen LogP contribution < -0.4 is 0 Å². The molecule has 170 valence electrons. The molecule has 3 aromatic rings. The maximum atomic E-state index is 13.1. The van der Waals surface area contributed by atoms with Crippen molar-refractivity contribution in [3.05, 3.63) is 81.5 Å². The zero-order valence-corrected chi connectivity index (χ0v) is 18.3. The fraction of sp³-hybridized carbons (Fsp3) is 0.250. The first-order valence-corrected chi connectivity index (χ1v) is 10.5. The molecular formula is C24H24N4O5. The van der Waals surface area contributed by atoms with Crippen molar-refractivity contribution in [2.45, 2.75) is 12.5 Å². The predicted molar refractivity (Wildman–Crippen MR) is 124 cm³/mol. The number of ketones is 1. The second kappa shape index (κ2) is 8.87. The van der Waals surface area contributed by atoms with Crippen LogP contribution in [0.3, 0.4) is 0 Å². The molecule has 1 fully saturated rings. The van der Waals surface area contributed by atoms with Crippen LogP contribution in [-0.4, -0.2) is 63.7 Å². The topological polar surface area (TPSA) is 120 Å². The van der Waals surface area contributed by atoms with E-state index in [9.17, 15) is 24.8 Å². The number of rotatable bonds is 7. The molecule has 2 N–H and O–H groups in total. The highest BCUT2D eigenvalue weighted by Gasteiger charge is 2.46. The monoisotopic (exact) mass is 448 g/mol. The fourth-order valence-electron chi connectivity index (χ4n) is 4.21. The first-order chi connectivity index (χ1) is 15.8. The molecule has 1 atom stereocenters. The molecule has 0 bridgehead atoms. The fourth-order valence-corrected chi connectivity index (χ4v) is 4.21. The van der Waals surface area contributed by atoms with Crippen molar-refractivity contribution in [1.29, 1.82) is 0 Å². The van der Waals surface area contributed by atoms with Gasteiger partial charge in [-0.2, -0.15) is 0 Å². The summed E-state index contributed by atoms with van der Waals surface area (Å²) >= 11 is 0. The van der Waals surface area contributed by atoms with E-state index in [1.54, 1.807) is 6.20 Å². The van der Waals surface area contributed by atoms with Crippen molar-refractivity contribution >= 4 is 34.0 Å². The number of aromatic amines is 1. The lowest BCUT2D eigenvalue weighted by molar-refractivity contribution is -0.384. The molecule has 1 aliphatic heterocycles. The van der Waals surface area contributed by atoms with E-state index >= 15 is 0 Å². The van der Waals surface area contributed by atoms with E-state index in [2.05, 4.69) is 4.98 Å². The van der Waals surface area contributed by atoms with Gasteiger partial charge >= 0.3 is 0 Å². The van der Waals surface area contributed by atoms with Gasteiger partial charge in [-0.3, -0.25) is 19.7 Å². The summed E-state index contributed by atoms with van der Waals surface area (Å²) in [6.07, 6.45) is 2.40. The lowest BCUT2D eigenvalue weighted by Gasteiger charge is -2.25. The Morgan fingerprint density at radius 1 is 1.15 bits per heavy atom. The number of fused-ring (bicyclic) bond motifs is 1. The van der Waals surface area contributed by atoms with Gasteiger partial charge in [-0.05, 0) is 45.3 Å². The van der Waals surface area contributed by atoms with Crippen LogP contribution in [0.15, 0.2) is 60.3 Å². The van der Waals surface area contributed by atoms with Crippen LogP contribution in [0.25, 0.3) is 16.7 Å². The molecule has 33 heavy (non-hydrogen) atoms. The van der Waals surface area contributed by atoms with Crippen molar-refractivity contribution in [3.63, 3.8) is 0 Å². The molecule has 1 aliphatic rings. The molecule has 9 nitrogen and oxygen atoms in total. The molecule has 2 aromatic carbocycles. The van der Waals surface area contributed by atoms with E-state index in [-0.39, 0.29) is 22.6 Å². The number of Topliss-reactive ketones (excluding diaryl/α,β-unsaturated/α-hetero) is 1. The average Bonchev–Trinajstić information content (AvgIpc) is 3.32. The van der Waals surface area contributed by atoms with Crippen molar-refractivity contribution in [2.24, 2.45) is 0 Å². The molecule has 0 radical (unpaired) electrons. The maximum Gasteiger partial charge on any atom is 0.295 e. The molecule has 4 rings (SSSR count). The third-order valence-corrected chi connectivity index (χ3v) is 5.81. The first-order valence-electron chi connectivity index (χ1n) is 10.5. The minimum absolute atomic E-state index is 0.0246. The lowest BCUT2D eigenvalue weighted by atomic mass is 9.95. The zero-order chi connectivity index (χ0) is 23.7. The van der Waals surface area contributed by atoms with Crippen LogP contribution in [-0.2, 0) is 9.59 Å². The number of hydrogen-bond acceptors (Lipinski definition) is 6. The molecule has 2 heterocycles. The highest BCUT2D eigenvalue weighted by atomic mass is 16.6. The molecular weight excluding hydrogens is 424 g/mol. The largest absolute Gasteiger partial charge is 0.507 e. The molecule has 1 amide bonds. The summed E-state index contributed by atoms with van der Waals surface area (Å²) in [7, 11) is 3.86. The SMILES string of the molecule is CN(C)CCCN1C(=O)C(=O)/C(=C(/O)c2ccc([N+](=O)[O-])cc2)C1c1c[nH]c2ccccc12. The van der Waals surface area contributed by atoms with Crippen LogP contribution in [0.4, 0.5) is 5.69 Å². The molecule has 0 saturated carbocycles. The number of nitrogens with one attached hydrogen (secondary N) is 1. The summed E-state index contributed by atoms with van der Waals surface area (Å²) in [6.45, 7) is 1.07. The number of benzene rings is 2. The molecule has 1 aromatic heterocycles. The number of aliphatic hydroxyl groups is 1. The normalized spacial score (nSPS) is 17.9. The number of carbonyl (C=O) groups is 2. The number of carbonyl (C=O) groups excluding carboxylic acids is 2. The van der Waals surface area contributed by atoms with E-state index in [0.29, 0.717) is 18.5 Å². The van der Waals surface area contributed by atoms with Crippen molar-refractivity contribution < 1.29 is 19.6 Å². The smallest absolute Gasteiger partial charge is 0.295 e. The number of para-hydroxylation sites is 1. The van der Waals surface area contributed by atoms with Gasteiger partial charge in [0.15, 0.2) is 0 Å². The minimum Gasteiger partial charge on any atom is -0.507 e. The number of nitrogens with zero attached hydrogens (tertiary/aromatic N) is 3. The second-order valence-corrected chi connectivity index (χ2v) is 8.24. The Morgan fingerprint density at radius 2 is 1.85 bits per heavy atom. The third kappa shape index (κ3) is 4.10. The lowest BCUT2D eigenvalue weighted by Crippen LogP contribution is -2.32. The average molecular weight is 448 g/mol. The number of nitro groups is 1. The Hall–Kier alpha value is -3.98. The summed E-state index contributed by atoms with van der Waals surface area (Å²) in [5.41, 5.74) is 1.63. The van der Waals surface area contributed by atoms with Crippen LogP contribution in [0, 0.1) is 10.1 Å².